The van der Waals surface area contributed by atoms with Gasteiger partial charge in [0.2, 0.25) is 5.13 Å². The Morgan fingerprint density at radius 3 is 2.57 bits per heavy atom. The number of anilines is 1. The second kappa shape index (κ2) is 6.97. The molecule has 0 aliphatic rings. The Labute approximate surface area is 137 Å². The lowest BCUT2D eigenvalue weighted by Crippen LogP contribution is -2.28. The lowest BCUT2D eigenvalue weighted by molar-refractivity contribution is 0.251. The van der Waals surface area contributed by atoms with E-state index in [9.17, 15) is 4.79 Å². The van der Waals surface area contributed by atoms with E-state index in [0.717, 1.165) is 16.1 Å². The number of urea groups is 1. The van der Waals surface area contributed by atoms with Crippen LogP contribution in [0, 0.1) is 6.92 Å². The Balaban J connectivity index is 1.56. The molecule has 0 fully saturated rings. The third-order valence-corrected chi connectivity index (χ3v) is 4.03. The lowest BCUT2D eigenvalue weighted by Gasteiger charge is -2.05. The highest BCUT2D eigenvalue weighted by atomic mass is 32.1. The van der Waals surface area contributed by atoms with Crippen LogP contribution in [0.5, 0.6) is 0 Å². The number of hydrogen-bond donors (Lipinski definition) is 2. The fourth-order valence-corrected chi connectivity index (χ4v) is 2.66. The van der Waals surface area contributed by atoms with Crippen molar-refractivity contribution in [3.63, 3.8) is 0 Å². The number of amides is 2. The highest BCUT2D eigenvalue weighted by Crippen LogP contribution is 2.25. The number of aryl methyl sites for hydroxylation is 1. The summed E-state index contributed by atoms with van der Waals surface area (Å²) in [5.41, 5.74) is 3.15. The van der Waals surface area contributed by atoms with Crippen LogP contribution < -0.4 is 10.6 Å². The molecule has 0 spiro atoms. The molecule has 3 aromatic rings. The number of carbonyl (C=O) groups is 1. The molecule has 2 aromatic heterocycles. The van der Waals surface area contributed by atoms with Crippen LogP contribution in [0.25, 0.3) is 10.6 Å². The molecule has 0 bridgehead atoms. The predicted octanol–water partition coefficient (Wildman–Crippen LogP) is 3.23. The maximum Gasteiger partial charge on any atom is 0.321 e. The first kappa shape index (κ1) is 15.1. The molecule has 0 atom stereocenters. The van der Waals surface area contributed by atoms with Crippen molar-refractivity contribution in [2.24, 2.45) is 0 Å². The fraction of sp³-hybridized carbons (Fsp3) is 0.125. The monoisotopic (exact) mass is 325 g/mol. The second-order valence-corrected chi connectivity index (χ2v) is 5.92. The van der Waals surface area contributed by atoms with Gasteiger partial charge >= 0.3 is 6.03 Å². The Morgan fingerprint density at radius 1 is 1.09 bits per heavy atom. The van der Waals surface area contributed by atoms with Crippen LogP contribution in [0.2, 0.25) is 0 Å². The van der Waals surface area contributed by atoms with Crippen LogP contribution in [0.4, 0.5) is 9.93 Å². The largest absolute Gasteiger partial charge is 0.334 e. The van der Waals surface area contributed by atoms with E-state index in [1.807, 2.05) is 43.3 Å². The van der Waals surface area contributed by atoms with Gasteiger partial charge in [0, 0.05) is 24.5 Å². The summed E-state index contributed by atoms with van der Waals surface area (Å²) >= 11 is 1.32. The topological polar surface area (TPSA) is 79.8 Å². The van der Waals surface area contributed by atoms with Gasteiger partial charge in [0.25, 0.3) is 0 Å². The average Bonchev–Trinajstić information content (AvgIpc) is 3.04. The quantitative estimate of drug-likeness (QED) is 0.772. The normalized spacial score (nSPS) is 10.3. The summed E-state index contributed by atoms with van der Waals surface area (Å²) in [6.45, 7) is 2.49. The van der Waals surface area contributed by atoms with Crippen LogP contribution in [0.15, 0.2) is 48.8 Å². The van der Waals surface area contributed by atoms with Gasteiger partial charge in [-0.2, -0.15) is 0 Å². The van der Waals surface area contributed by atoms with Crippen LogP contribution in [-0.4, -0.2) is 21.2 Å². The Kier molecular flexibility index (Phi) is 4.58. The summed E-state index contributed by atoms with van der Waals surface area (Å²) < 4.78 is 0. The minimum atomic E-state index is -0.303. The first-order valence-corrected chi connectivity index (χ1v) is 7.86. The maximum absolute atomic E-state index is 11.9. The van der Waals surface area contributed by atoms with E-state index in [0.29, 0.717) is 11.7 Å². The number of aromatic nitrogens is 3. The van der Waals surface area contributed by atoms with Crippen molar-refractivity contribution >= 4 is 22.5 Å². The van der Waals surface area contributed by atoms with Gasteiger partial charge in [-0.15, -0.1) is 10.2 Å². The summed E-state index contributed by atoms with van der Waals surface area (Å²) in [5.74, 6) is 0. The van der Waals surface area contributed by atoms with E-state index in [2.05, 4.69) is 25.8 Å². The third kappa shape index (κ3) is 4.10. The number of nitrogens with one attached hydrogen (secondary N) is 2. The van der Waals surface area contributed by atoms with Crippen molar-refractivity contribution in [1.82, 2.24) is 20.5 Å². The predicted molar refractivity (Wildman–Crippen MR) is 90.2 cm³/mol. The molecule has 116 valence electrons. The maximum atomic E-state index is 11.9. The average molecular weight is 325 g/mol. The zero-order valence-corrected chi connectivity index (χ0v) is 13.3. The molecular weight excluding hydrogens is 310 g/mol. The molecule has 23 heavy (non-hydrogen) atoms. The number of pyridine rings is 1. The molecule has 0 aliphatic heterocycles. The van der Waals surface area contributed by atoms with Gasteiger partial charge in [-0.1, -0.05) is 41.2 Å². The van der Waals surface area contributed by atoms with Gasteiger partial charge < -0.3 is 5.32 Å². The van der Waals surface area contributed by atoms with Gasteiger partial charge in [0.05, 0.1) is 0 Å². The van der Waals surface area contributed by atoms with Gasteiger partial charge in [0.1, 0.15) is 5.01 Å². The van der Waals surface area contributed by atoms with E-state index in [1.165, 1.54) is 16.9 Å². The van der Waals surface area contributed by atoms with Gasteiger partial charge in [-0.25, -0.2) is 4.79 Å². The van der Waals surface area contributed by atoms with E-state index in [1.54, 1.807) is 12.4 Å². The molecule has 6 nitrogen and oxygen atoms in total. The Morgan fingerprint density at radius 2 is 1.83 bits per heavy atom. The molecule has 7 heteroatoms. The highest BCUT2D eigenvalue weighted by Gasteiger charge is 2.09. The van der Waals surface area contributed by atoms with Crippen LogP contribution in [0.3, 0.4) is 0 Å². The van der Waals surface area contributed by atoms with E-state index >= 15 is 0 Å². The van der Waals surface area contributed by atoms with E-state index in [4.69, 9.17) is 0 Å². The summed E-state index contributed by atoms with van der Waals surface area (Å²) in [4.78, 5) is 15.9. The SMILES string of the molecule is Cc1ccc(CNC(=O)Nc2nnc(-c3ccncc3)s2)cc1. The van der Waals surface area contributed by atoms with Crippen molar-refractivity contribution in [3.8, 4) is 10.6 Å². The van der Waals surface area contributed by atoms with E-state index in [-0.39, 0.29) is 6.03 Å². The summed E-state index contributed by atoms with van der Waals surface area (Å²) in [5, 5.41) is 14.7. The molecule has 2 heterocycles. The summed E-state index contributed by atoms with van der Waals surface area (Å²) in [7, 11) is 0. The van der Waals surface area contributed by atoms with Gasteiger partial charge in [-0.3, -0.25) is 10.3 Å². The smallest absolute Gasteiger partial charge is 0.321 e. The Bertz CT molecular complexity index is 786. The molecule has 0 unspecified atom stereocenters. The molecule has 1 aromatic carbocycles. The molecule has 0 aliphatic carbocycles. The minimum absolute atomic E-state index is 0.303. The first-order chi connectivity index (χ1) is 11.2. The molecule has 3 rings (SSSR count). The fourth-order valence-electron chi connectivity index (χ4n) is 1.91. The lowest BCUT2D eigenvalue weighted by atomic mass is 10.1. The number of rotatable bonds is 4. The zero-order valence-electron chi connectivity index (χ0n) is 12.5. The van der Waals surface area contributed by atoms with E-state index < -0.39 is 0 Å². The Hall–Kier alpha value is -2.80. The van der Waals surface area contributed by atoms with Crippen LogP contribution in [-0.2, 0) is 6.54 Å². The second-order valence-electron chi connectivity index (χ2n) is 4.94. The van der Waals surface area contributed by atoms with Gasteiger partial charge in [0.15, 0.2) is 0 Å². The van der Waals surface area contributed by atoms with Gasteiger partial charge in [-0.05, 0) is 24.6 Å². The minimum Gasteiger partial charge on any atom is -0.334 e. The summed E-state index contributed by atoms with van der Waals surface area (Å²) in [6, 6.07) is 11.4. The molecular formula is C16H15N5OS. The summed E-state index contributed by atoms with van der Waals surface area (Å²) in [6.07, 6.45) is 3.39. The van der Waals surface area contributed by atoms with Crippen molar-refractivity contribution in [2.75, 3.05) is 5.32 Å². The molecule has 2 N–H and O–H groups in total. The number of carbonyl (C=O) groups excluding carboxylic acids is 1. The molecule has 0 saturated carbocycles. The number of nitrogens with zero attached hydrogens (tertiary/aromatic N) is 3. The zero-order chi connectivity index (χ0) is 16.1. The highest BCUT2D eigenvalue weighted by molar-refractivity contribution is 7.18. The number of benzene rings is 1. The van der Waals surface area contributed by atoms with Crippen molar-refractivity contribution in [2.45, 2.75) is 13.5 Å². The van der Waals surface area contributed by atoms with Crippen molar-refractivity contribution in [3.05, 3.63) is 59.9 Å². The first-order valence-electron chi connectivity index (χ1n) is 7.05. The molecule has 0 saturated heterocycles. The van der Waals surface area contributed by atoms with Crippen molar-refractivity contribution < 1.29 is 4.79 Å². The molecule has 2 amide bonds. The van der Waals surface area contributed by atoms with Crippen LogP contribution in [0.1, 0.15) is 11.1 Å². The van der Waals surface area contributed by atoms with Crippen molar-refractivity contribution in [1.29, 1.82) is 0 Å². The molecule has 0 radical (unpaired) electrons. The third-order valence-electron chi connectivity index (χ3n) is 3.15. The van der Waals surface area contributed by atoms with Crippen LogP contribution >= 0.6 is 11.3 Å². The standard InChI is InChI=1S/C16H15N5OS/c1-11-2-4-12(5-3-11)10-18-15(22)19-16-21-20-14(23-16)13-6-8-17-9-7-13/h2-9H,10H2,1H3,(H2,18,19,21,22). The number of hydrogen-bond acceptors (Lipinski definition) is 5.